The third-order valence-electron chi connectivity index (χ3n) is 5.12. The van der Waals surface area contributed by atoms with Crippen LogP contribution < -0.4 is 19.7 Å². The molecule has 1 aliphatic rings. The molecular weight excluding hydrogens is 453 g/mol. The van der Waals surface area contributed by atoms with Crippen molar-refractivity contribution in [3.8, 4) is 11.5 Å². The lowest BCUT2D eigenvalue weighted by atomic mass is 10.2. The first kappa shape index (κ1) is 23.8. The van der Waals surface area contributed by atoms with Gasteiger partial charge in [-0.3, -0.25) is 9.59 Å². The van der Waals surface area contributed by atoms with Gasteiger partial charge < -0.3 is 24.6 Å². The third-order valence-corrected chi connectivity index (χ3v) is 5.65. The summed E-state index contributed by atoms with van der Waals surface area (Å²) in [5.41, 5.74) is 1.75. The predicted octanol–water partition coefficient (Wildman–Crippen LogP) is 3.49. The van der Waals surface area contributed by atoms with Crippen LogP contribution in [0.3, 0.4) is 0 Å². The molecule has 1 aliphatic heterocycles. The van der Waals surface area contributed by atoms with Gasteiger partial charge in [-0.15, -0.1) is 0 Å². The summed E-state index contributed by atoms with van der Waals surface area (Å²) < 4.78 is 10.4. The quantitative estimate of drug-likeness (QED) is 0.618. The van der Waals surface area contributed by atoms with Crippen LogP contribution in [0.2, 0.25) is 10.0 Å². The van der Waals surface area contributed by atoms with E-state index in [-0.39, 0.29) is 18.4 Å². The second kappa shape index (κ2) is 11.1. The minimum absolute atomic E-state index is 0.0587. The van der Waals surface area contributed by atoms with Gasteiger partial charge in [-0.05, 0) is 48.0 Å². The van der Waals surface area contributed by atoms with Crippen molar-refractivity contribution in [2.75, 3.05) is 51.8 Å². The number of halogens is 2. The van der Waals surface area contributed by atoms with Gasteiger partial charge in [0.05, 0.1) is 25.8 Å². The molecule has 9 heteroatoms. The topological polar surface area (TPSA) is 71.1 Å². The van der Waals surface area contributed by atoms with Crippen molar-refractivity contribution in [2.24, 2.45) is 0 Å². The molecule has 0 aromatic heterocycles. The molecule has 1 fully saturated rings. The van der Waals surface area contributed by atoms with Gasteiger partial charge in [0, 0.05) is 43.0 Å². The van der Waals surface area contributed by atoms with E-state index in [4.69, 9.17) is 32.7 Å². The summed E-state index contributed by atoms with van der Waals surface area (Å²) in [5.74, 6) is 0.409. The van der Waals surface area contributed by atoms with Gasteiger partial charge in [0.25, 0.3) is 0 Å². The van der Waals surface area contributed by atoms with Crippen molar-refractivity contribution in [3.05, 3.63) is 58.1 Å². The lowest BCUT2D eigenvalue weighted by molar-refractivity contribution is -0.132. The lowest BCUT2D eigenvalue weighted by Gasteiger charge is -2.36. The highest BCUT2D eigenvalue weighted by molar-refractivity contribution is 6.32. The highest BCUT2D eigenvalue weighted by atomic mass is 35.5. The van der Waals surface area contributed by atoms with Crippen LogP contribution >= 0.6 is 23.2 Å². The molecule has 0 unspecified atom stereocenters. The van der Waals surface area contributed by atoms with Gasteiger partial charge in [0.2, 0.25) is 11.8 Å². The van der Waals surface area contributed by atoms with Gasteiger partial charge in [0.1, 0.15) is 0 Å². The number of benzene rings is 2. The Morgan fingerprint density at radius 1 is 1.03 bits per heavy atom. The Morgan fingerprint density at radius 2 is 1.72 bits per heavy atom. The number of carbonyl (C=O) groups excluding carboxylic acids is 2. The van der Waals surface area contributed by atoms with Crippen molar-refractivity contribution in [3.63, 3.8) is 0 Å². The SMILES string of the molecule is COc1cc(/C=C/C(=O)NCC(=O)N2CCN(c3ccc(Cl)cc3)CC2)cc(Cl)c1OC. The van der Waals surface area contributed by atoms with E-state index in [0.717, 1.165) is 18.8 Å². The molecule has 0 atom stereocenters. The van der Waals surface area contributed by atoms with Crippen LogP contribution in [0, 0.1) is 0 Å². The summed E-state index contributed by atoms with van der Waals surface area (Å²) in [7, 11) is 3.01. The van der Waals surface area contributed by atoms with Crippen LogP contribution in [-0.2, 0) is 9.59 Å². The molecule has 1 saturated heterocycles. The maximum atomic E-state index is 12.5. The largest absolute Gasteiger partial charge is 0.493 e. The fourth-order valence-corrected chi connectivity index (χ4v) is 3.83. The third kappa shape index (κ3) is 6.08. The van der Waals surface area contributed by atoms with Crippen LogP contribution in [-0.4, -0.2) is 63.7 Å². The van der Waals surface area contributed by atoms with E-state index in [1.54, 1.807) is 23.1 Å². The fraction of sp³-hybridized carbons (Fsp3) is 0.304. The summed E-state index contributed by atoms with van der Waals surface area (Å²) in [6.45, 7) is 2.58. The summed E-state index contributed by atoms with van der Waals surface area (Å²) in [6.07, 6.45) is 2.95. The van der Waals surface area contributed by atoms with Crippen molar-refractivity contribution >= 4 is 46.8 Å². The molecule has 0 bridgehead atoms. The molecule has 2 amide bonds. The van der Waals surface area contributed by atoms with Gasteiger partial charge in [-0.1, -0.05) is 23.2 Å². The van der Waals surface area contributed by atoms with Crippen molar-refractivity contribution in [1.29, 1.82) is 0 Å². The van der Waals surface area contributed by atoms with Crippen molar-refractivity contribution in [2.45, 2.75) is 0 Å². The van der Waals surface area contributed by atoms with E-state index in [9.17, 15) is 9.59 Å². The van der Waals surface area contributed by atoms with E-state index < -0.39 is 0 Å². The molecule has 0 aliphatic carbocycles. The van der Waals surface area contributed by atoms with E-state index in [0.29, 0.717) is 40.2 Å². The molecular formula is C23H25Cl2N3O4. The number of piperazine rings is 1. The number of carbonyl (C=O) groups is 2. The Kier molecular flexibility index (Phi) is 8.25. The Labute approximate surface area is 197 Å². The zero-order chi connectivity index (χ0) is 23.1. The summed E-state index contributed by atoms with van der Waals surface area (Å²) >= 11 is 12.1. The van der Waals surface area contributed by atoms with Crippen LogP contribution in [0.5, 0.6) is 11.5 Å². The standard InChI is InChI=1S/C23H25Cl2N3O4/c1-31-20-14-16(13-19(25)23(20)32-2)3-8-21(29)26-15-22(30)28-11-9-27(10-12-28)18-6-4-17(24)5-7-18/h3-8,13-14H,9-12,15H2,1-2H3,(H,26,29)/b8-3+. The summed E-state index contributed by atoms with van der Waals surface area (Å²) in [5, 5.41) is 3.70. The Bertz CT molecular complexity index is 987. The molecule has 3 rings (SSSR count). The maximum absolute atomic E-state index is 12.5. The normalized spacial score (nSPS) is 13.9. The van der Waals surface area contributed by atoms with Gasteiger partial charge >= 0.3 is 0 Å². The number of ether oxygens (including phenoxy) is 2. The molecule has 0 spiro atoms. The number of anilines is 1. The molecule has 2 aromatic carbocycles. The minimum Gasteiger partial charge on any atom is -0.493 e. The molecule has 0 radical (unpaired) electrons. The predicted molar refractivity (Wildman–Crippen MR) is 127 cm³/mol. The molecule has 7 nitrogen and oxygen atoms in total. The number of nitrogens with zero attached hydrogens (tertiary/aromatic N) is 2. The minimum atomic E-state index is -0.371. The molecule has 170 valence electrons. The van der Waals surface area contributed by atoms with Gasteiger partial charge in [0.15, 0.2) is 11.5 Å². The molecule has 1 heterocycles. The number of methoxy groups -OCH3 is 2. The van der Waals surface area contributed by atoms with E-state index >= 15 is 0 Å². The average molecular weight is 478 g/mol. The maximum Gasteiger partial charge on any atom is 0.244 e. The van der Waals surface area contributed by atoms with E-state index in [1.165, 1.54) is 20.3 Å². The average Bonchev–Trinajstić information content (AvgIpc) is 2.81. The van der Waals surface area contributed by atoms with Gasteiger partial charge in [-0.2, -0.15) is 0 Å². The van der Waals surface area contributed by atoms with Crippen LogP contribution in [0.1, 0.15) is 5.56 Å². The van der Waals surface area contributed by atoms with Crippen LogP contribution in [0.4, 0.5) is 5.69 Å². The number of hydrogen-bond acceptors (Lipinski definition) is 5. The molecule has 2 aromatic rings. The van der Waals surface area contributed by atoms with E-state index in [1.807, 2.05) is 24.3 Å². The van der Waals surface area contributed by atoms with Crippen LogP contribution in [0.15, 0.2) is 42.5 Å². The Hall–Kier alpha value is -2.90. The van der Waals surface area contributed by atoms with Gasteiger partial charge in [-0.25, -0.2) is 0 Å². The van der Waals surface area contributed by atoms with Crippen molar-refractivity contribution < 1.29 is 19.1 Å². The monoisotopic (exact) mass is 477 g/mol. The Balaban J connectivity index is 1.47. The lowest BCUT2D eigenvalue weighted by Crippen LogP contribution is -2.51. The number of nitrogens with one attached hydrogen (secondary N) is 1. The first-order chi connectivity index (χ1) is 15.4. The van der Waals surface area contributed by atoms with Crippen molar-refractivity contribution in [1.82, 2.24) is 10.2 Å². The van der Waals surface area contributed by atoms with Crippen LogP contribution in [0.25, 0.3) is 6.08 Å². The smallest absolute Gasteiger partial charge is 0.244 e. The highest BCUT2D eigenvalue weighted by Gasteiger charge is 2.21. The highest BCUT2D eigenvalue weighted by Crippen LogP contribution is 2.36. The first-order valence-electron chi connectivity index (χ1n) is 10.1. The zero-order valence-electron chi connectivity index (χ0n) is 17.9. The molecule has 1 N–H and O–H groups in total. The number of hydrogen-bond donors (Lipinski definition) is 1. The molecule has 0 saturated carbocycles. The summed E-state index contributed by atoms with van der Waals surface area (Å²) in [6, 6.07) is 11.0. The second-order valence-electron chi connectivity index (χ2n) is 7.13. The number of amides is 2. The first-order valence-corrected chi connectivity index (χ1v) is 10.8. The summed E-state index contributed by atoms with van der Waals surface area (Å²) in [4.78, 5) is 28.6. The number of rotatable bonds is 7. The zero-order valence-corrected chi connectivity index (χ0v) is 19.4. The van der Waals surface area contributed by atoms with E-state index in [2.05, 4.69) is 10.2 Å². The molecule has 32 heavy (non-hydrogen) atoms. The Morgan fingerprint density at radius 3 is 2.34 bits per heavy atom. The fourth-order valence-electron chi connectivity index (χ4n) is 3.41. The second-order valence-corrected chi connectivity index (χ2v) is 7.98.